The fourth-order valence-corrected chi connectivity index (χ4v) is 1.52. The van der Waals surface area contributed by atoms with Crippen molar-refractivity contribution >= 4 is 6.29 Å². The number of benzene rings is 1. The monoisotopic (exact) mass is 216 g/mol. The first kappa shape index (κ1) is 10.5. The number of hydrogen-bond donors (Lipinski definition) is 0. The second kappa shape index (κ2) is 3.89. The lowest BCUT2D eigenvalue weighted by Gasteiger charge is -2.20. The molecular weight excluding hydrogens is 204 g/mol. The lowest BCUT2D eigenvalue weighted by molar-refractivity contribution is 0.108. The van der Waals surface area contributed by atoms with Crippen LogP contribution in [0.2, 0.25) is 0 Å². The van der Waals surface area contributed by atoms with Gasteiger partial charge in [-0.25, -0.2) is 0 Å². The molecule has 4 nitrogen and oxygen atoms in total. The summed E-state index contributed by atoms with van der Waals surface area (Å²) in [6.45, 7) is 3.98. The molecule has 0 N–H and O–H groups in total. The molecular formula is C12H12N2O2. The van der Waals surface area contributed by atoms with Crippen molar-refractivity contribution < 1.29 is 9.32 Å². The van der Waals surface area contributed by atoms with Crippen molar-refractivity contribution in [3.63, 3.8) is 0 Å². The molecule has 0 bridgehead atoms. The van der Waals surface area contributed by atoms with Crippen molar-refractivity contribution in [3.8, 4) is 0 Å². The molecule has 0 aliphatic rings. The molecule has 0 saturated carbocycles. The highest BCUT2D eigenvalue weighted by Crippen LogP contribution is 2.28. The van der Waals surface area contributed by atoms with E-state index in [-0.39, 0.29) is 11.3 Å². The van der Waals surface area contributed by atoms with Gasteiger partial charge >= 0.3 is 0 Å². The van der Waals surface area contributed by atoms with E-state index >= 15 is 0 Å². The minimum atomic E-state index is -0.369. The summed E-state index contributed by atoms with van der Waals surface area (Å²) in [5.74, 6) is 0.528. The lowest BCUT2D eigenvalue weighted by atomic mass is 9.84. The van der Waals surface area contributed by atoms with E-state index in [0.29, 0.717) is 12.1 Å². The van der Waals surface area contributed by atoms with Gasteiger partial charge in [0.15, 0.2) is 5.82 Å². The molecule has 16 heavy (non-hydrogen) atoms. The normalized spacial score (nSPS) is 11.4. The molecule has 82 valence electrons. The minimum Gasteiger partial charge on any atom is -0.331 e. The summed E-state index contributed by atoms with van der Waals surface area (Å²) in [7, 11) is 0. The predicted octanol–water partition coefficient (Wildman–Crippen LogP) is 2.21. The van der Waals surface area contributed by atoms with Gasteiger partial charge < -0.3 is 4.52 Å². The number of carbonyl (C=O) groups is 1. The maximum absolute atomic E-state index is 10.5. The van der Waals surface area contributed by atoms with Crippen molar-refractivity contribution in [2.75, 3.05) is 0 Å². The Balaban J connectivity index is 2.42. The smallest absolute Gasteiger partial charge is 0.290 e. The Morgan fingerprint density at radius 2 is 1.94 bits per heavy atom. The minimum absolute atomic E-state index is 0.0130. The van der Waals surface area contributed by atoms with E-state index in [1.54, 1.807) is 0 Å². The Kier molecular flexibility index (Phi) is 2.56. The zero-order valence-electron chi connectivity index (χ0n) is 9.18. The first-order chi connectivity index (χ1) is 7.64. The fourth-order valence-electron chi connectivity index (χ4n) is 1.52. The average Bonchev–Trinajstić information content (AvgIpc) is 2.79. The van der Waals surface area contributed by atoms with Gasteiger partial charge in [0, 0.05) is 0 Å². The van der Waals surface area contributed by atoms with Crippen LogP contribution >= 0.6 is 0 Å². The van der Waals surface area contributed by atoms with Gasteiger partial charge in [-0.05, 0) is 19.4 Å². The number of nitrogens with zero attached hydrogens (tertiary/aromatic N) is 2. The molecule has 0 unspecified atom stereocenters. The molecule has 0 amide bonds. The molecule has 1 aromatic carbocycles. The topological polar surface area (TPSA) is 56.0 Å². The summed E-state index contributed by atoms with van der Waals surface area (Å²) in [4.78, 5) is 14.5. The molecule has 0 aliphatic heterocycles. The van der Waals surface area contributed by atoms with Crippen LogP contribution in [-0.4, -0.2) is 16.4 Å². The van der Waals surface area contributed by atoms with Gasteiger partial charge in [0.25, 0.3) is 5.89 Å². The van der Waals surface area contributed by atoms with Crippen LogP contribution in [0.4, 0.5) is 0 Å². The second-order valence-corrected chi connectivity index (χ2v) is 4.07. The Morgan fingerprint density at radius 1 is 1.25 bits per heavy atom. The van der Waals surface area contributed by atoms with E-state index in [1.165, 1.54) is 0 Å². The second-order valence-electron chi connectivity index (χ2n) is 4.07. The van der Waals surface area contributed by atoms with Crippen LogP contribution in [0.15, 0.2) is 34.9 Å². The zero-order valence-corrected chi connectivity index (χ0v) is 9.18. The lowest BCUT2D eigenvalue weighted by Crippen LogP contribution is -2.20. The standard InChI is InChI=1S/C12H12N2O2/c1-12(2,9-6-4-3-5-7-9)11-13-10(8-15)16-14-11/h3-8H,1-2H3. The van der Waals surface area contributed by atoms with E-state index in [4.69, 9.17) is 4.52 Å². The third kappa shape index (κ3) is 1.74. The average molecular weight is 216 g/mol. The van der Waals surface area contributed by atoms with Gasteiger partial charge in [-0.15, -0.1) is 0 Å². The highest BCUT2D eigenvalue weighted by molar-refractivity contribution is 5.67. The van der Waals surface area contributed by atoms with Crippen molar-refractivity contribution in [3.05, 3.63) is 47.6 Å². The largest absolute Gasteiger partial charge is 0.331 e. The molecule has 0 saturated heterocycles. The number of aromatic nitrogens is 2. The number of hydrogen-bond acceptors (Lipinski definition) is 4. The van der Waals surface area contributed by atoms with Crippen LogP contribution in [-0.2, 0) is 5.41 Å². The highest BCUT2D eigenvalue weighted by Gasteiger charge is 2.28. The Morgan fingerprint density at radius 3 is 2.50 bits per heavy atom. The summed E-state index contributed by atoms with van der Waals surface area (Å²) in [5, 5.41) is 3.82. The molecule has 0 radical (unpaired) electrons. The molecule has 4 heteroatoms. The van der Waals surface area contributed by atoms with E-state index in [2.05, 4.69) is 10.1 Å². The molecule has 1 heterocycles. The van der Waals surface area contributed by atoms with Crippen LogP contribution in [0.1, 0.15) is 35.9 Å². The van der Waals surface area contributed by atoms with Crippen molar-refractivity contribution in [2.24, 2.45) is 0 Å². The summed E-state index contributed by atoms with van der Waals surface area (Å²) >= 11 is 0. The van der Waals surface area contributed by atoms with E-state index in [9.17, 15) is 4.79 Å². The van der Waals surface area contributed by atoms with E-state index in [0.717, 1.165) is 5.56 Å². The van der Waals surface area contributed by atoms with Gasteiger partial charge in [0.2, 0.25) is 6.29 Å². The van der Waals surface area contributed by atoms with Crippen molar-refractivity contribution in [1.82, 2.24) is 10.1 Å². The zero-order chi connectivity index (χ0) is 11.6. The first-order valence-electron chi connectivity index (χ1n) is 4.99. The van der Waals surface area contributed by atoms with Gasteiger partial charge in [-0.2, -0.15) is 4.98 Å². The van der Waals surface area contributed by atoms with Gasteiger partial charge in [0.05, 0.1) is 5.41 Å². The van der Waals surface area contributed by atoms with E-state index < -0.39 is 0 Å². The third-order valence-corrected chi connectivity index (χ3v) is 2.60. The maximum Gasteiger partial charge on any atom is 0.290 e. The van der Waals surface area contributed by atoms with Crippen LogP contribution in [0.25, 0.3) is 0 Å². The highest BCUT2D eigenvalue weighted by atomic mass is 16.5. The number of rotatable bonds is 3. The number of carbonyl (C=O) groups excluding carboxylic acids is 1. The third-order valence-electron chi connectivity index (χ3n) is 2.60. The van der Waals surface area contributed by atoms with E-state index in [1.807, 2.05) is 44.2 Å². The summed E-state index contributed by atoms with van der Waals surface area (Å²) in [6, 6.07) is 9.86. The van der Waals surface area contributed by atoms with Gasteiger partial charge in [-0.3, -0.25) is 4.79 Å². The molecule has 0 fully saturated rings. The fraction of sp³-hybridized carbons (Fsp3) is 0.250. The Bertz CT molecular complexity index is 489. The van der Waals surface area contributed by atoms with Crippen LogP contribution in [0.5, 0.6) is 0 Å². The van der Waals surface area contributed by atoms with Crippen LogP contribution < -0.4 is 0 Å². The predicted molar refractivity (Wildman–Crippen MR) is 58.3 cm³/mol. The van der Waals surface area contributed by atoms with Crippen LogP contribution in [0.3, 0.4) is 0 Å². The van der Waals surface area contributed by atoms with Crippen LogP contribution in [0, 0.1) is 0 Å². The molecule has 0 spiro atoms. The maximum atomic E-state index is 10.5. The van der Waals surface area contributed by atoms with Gasteiger partial charge in [-0.1, -0.05) is 35.5 Å². The van der Waals surface area contributed by atoms with Crippen molar-refractivity contribution in [1.29, 1.82) is 0 Å². The SMILES string of the molecule is CC(C)(c1ccccc1)c1noc(C=O)n1. The summed E-state index contributed by atoms with van der Waals surface area (Å²) in [6.07, 6.45) is 0.553. The first-order valence-corrected chi connectivity index (χ1v) is 4.99. The number of aldehydes is 1. The van der Waals surface area contributed by atoms with Gasteiger partial charge in [0.1, 0.15) is 0 Å². The molecule has 0 aliphatic carbocycles. The summed E-state index contributed by atoms with van der Waals surface area (Å²) < 4.78 is 4.79. The molecule has 1 aromatic heterocycles. The quantitative estimate of drug-likeness (QED) is 0.738. The Labute approximate surface area is 93.3 Å². The molecule has 0 atom stereocenters. The summed E-state index contributed by atoms with van der Waals surface area (Å²) in [5.41, 5.74) is 0.708. The molecule has 2 rings (SSSR count). The molecule has 2 aromatic rings. The van der Waals surface area contributed by atoms with Crippen molar-refractivity contribution in [2.45, 2.75) is 19.3 Å². The Hall–Kier alpha value is -1.97.